The summed E-state index contributed by atoms with van der Waals surface area (Å²) >= 11 is 5.50. The Labute approximate surface area is 124 Å². The average Bonchev–Trinajstić information content (AvgIpc) is 2.43. The molecule has 5 nitrogen and oxygen atoms in total. The normalized spacial score (nSPS) is 11.1. The SMILES string of the molecule is C=CCNS(=O)(=O)c1ccc(NC(=O)CCCCl)cc1. The number of sulfonamides is 1. The van der Waals surface area contributed by atoms with Gasteiger partial charge < -0.3 is 5.32 Å². The molecule has 0 aromatic heterocycles. The summed E-state index contributed by atoms with van der Waals surface area (Å²) in [6.45, 7) is 3.61. The largest absolute Gasteiger partial charge is 0.326 e. The second-order valence-electron chi connectivity index (χ2n) is 4.01. The molecule has 0 spiro atoms. The molecule has 20 heavy (non-hydrogen) atoms. The second kappa shape index (κ2) is 8.04. The molecule has 0 unspecified atom stereocenters. The Hall–Kier alpha value is -1.37. The lowest BCUT2D eigenvalue weighted by Gasteiger charge is -2.07. The quantitative estimate of drug-likeness (QED) is 0.570. The van der Waals surface area contributed by atoms with Crippen LogP contribution < -0.4 is 10.0 Å². The number of hydrogen-bond donors (Lipinski definition) is 2. The molecule has 7 heteroatoms. The molecular formula is C13H17ClN2O3S. The van der Waals surface area contributed by atoms with Crippen molar-refractivity contribution in [1.82, 2.24) is 4.72 Å². The molecule has 0 heterocycles. The number of hydrogen-bond acceptors (Lipinski definition) is 3. The Morgan fingerprint density at radius 3 is 2.50 bits per heavy atom. The zero-order valence-corrected chi connectivity index (χ0v) is 12.5. The predicted octanol–water partition coefficient (Wildman–Crippen LogP) is 2.11. The van der Waals surface area contributed by atoms with Crippen LogP contribution in [0, 0.1) is 0 Å². The lowest BCUT2D eigenvalue weighted by atomic mass is 10.3. The molecule has 0 aliphatic rings. The molecule has 0 aliphatic carbocycles. The lowest BCUT2D eigenvalue weighted by Crippen LogP contribution is -2.23. The van der Waals surface area contributed by atoms with Gasteiger partial charge in [-0.25, -0.2) is 13.1 Å². The Balaban J connectivity index is 2.69. The van der Waals surface area contributed by atoms with Gasteiger partial charge >= 0.3 is 0 Å². The van der Waals surface area contributed by atoms with Crippen LogP contribution in [0.25, 0.3) is 0 Å². The Bertz CT molecular complexity index is 555. The van der Waals surface area contributed by atoms with Gasteiger partial charge in [0.15, 0.2) is 0 Å². The number of rotatable bonds is 8. The van der Waals surface area contributed by atoms with E-state index in [4.69, 9.17) is 11.6 Å². The second-order valence-corrected chi connectivity index (χ2v) is 6.15. The smallest absolute Gasteiger partial charge is 0.240 e. The van der Waals surface area contributed by atoms with Crippen LogP contribution in [-0.2, 0) is 14.8 Å². The third-order valence-corrected chi connectivity index (χ3v) is 4.11. The van der Waals surface area contributed by atoms with Crippen LogP contribution in [0.4, 0.5) is 5.69 Å². The molecule has 0 fully saturated rings. The number of halogens is 1. The first-order chi connectivity index (χ1) is 9.49. The van der Waals surface area contributed by atoms with Crippen molar-refractivity contribution in [3.05, 3.63) is 36.9 Å². The zero-order chi connectivity index (χ0) is 15.0. The highest BCUT2D eigenvalue weighted by molar-refractivity contribution is 7.89. The molecule has 1 aromatic rings. The first-order valence-corrected chi connectivity index (χ1v) is 8.08. The molecule has 0 aliphatic heterocycles. The molecular weight excluding hydrogens is 300 g/mol. The van der Waals surface area contributed by atoms with Crippen LogP contribution in [0.15, 0.2) is 41.8 Å². The molecule has 0 saturated carbocycles. The highest BCUT2D eigenvalue weighted by Gasteiger charge is 2.12. The summed E-state index contributed by atoms with van der Waals surface area (Å²) in [4.78, 5) is 11.6. The summed E-state index contributed by atoms with van der Waals surface area (Å²) < 4.78 is 26.0. The number of benzene rings is 1. The standard InChI is InChI=1S/C13H17ClN2O3S/c1-2-10-15-20(18,19)12-7-5-11(6-8-12)16-13(17)4-3-9-14/h2,5-8,15H,1,3-4,9-10H2,(H,16,17). The van der Waals surface area contributed by atoms with Gasteiger partial charge in [0, 0.05) is 24.5 Å². The predicted molar refractivity (Wildman–Crippen MR) is 80.4 cm³/mol. The molecule has 110 valence electrons. The minimum Gasteiger partial charge on any atom is -0.326 e. The molecule has 1 rings (SSSR count). The summed E-state index contributed by atoms with van der Waals surface area (Å²) in [6, 6.07) is 5.95. The third kappa shape index (κ3) is 5.32. The van der Waals surface area contributed by atoms with E-state index < -0.39 is 10.0 Å². The Kier molecular flexibility index (Phi) is 6.70. The topological polar surface area (TPSA) is 75.3 Å². The molecule has 1 aromatic carbocycles. The first-order valence-electron chi connectivity index (χ1n) is 6.06. The first kappa shape index (κ1) is 16.7. The highest BCUT2D eigenvalue weighted by Crippen LogP contribution is 2.14. The summed E-state index contributed by atoms with van der Waals surface area (Å²) in [7, 11) is -3.53. The van der Waals surface area contributed by atoms with Gasteiger partial charge in [-0.15, -0.1) is 18.2 Å². The van der Waals surface area contributed by atoms with Crippen LogP contribution in [0.2, 0.25) is 0 Å². The monoisotopic (exact) mass is 316 g/mol. The van der Waals surface area contributed by atoms with Crippen LogP contribution in [0.1, 0.15) is 12.8 Å². The number of anilines is 1. The minimum absolute atomic E-state index is 0.137. The van der Waals surface area contributed by atoms with Crippen molar-refractivity contribution in [2.45, 2.75) is 17.7 Å². The maximum Gasteiger partial charge on any atom is 0.240 e. The van der Waals surface area contributed by atoms with Crippen molar-refractivity contribution in [2.75, 3.05) is 17.7 Å². The van der Waals surface area contributed by atoms with E-state index in [9.17, 15) is 13.2 Å². The maximum atomic E-state index is 11.8. The van der Waals surface area contributed by atoms with E-state index >= 15 is 0 Å². The fourth-order valence-corrected chi connectivity index (χ4v) is 2.55. The Morgan fingerprint density at radius 1 is 1.30 bits per heavy atom. The highest BCUT2D eigenvalue weighted by atomic mass is 35.5. The number of carbonyl (C=O) groups excluding carboxylic acids is 1. The number of carbonyl (C=O) groups is 1. The fraction of sp³-hybridized carbons (Fsp3) is 0.308. The average molecular weight is 317 g/mol. The summed E-state index contributed by atoms with van der Waals surface area (Å²) in [5.74, 6) is 0.283. The summed E-state index contributed by atoms with van der Waals surface area (Å²) in [5.41, 5.74) is 0.548. The molecule has 0 bridgehead atoms. The van der Waals surface area contributed by atoms with Gasteiger partial charge in [-0.2, -0.15) is 0 Å². The van der Waals surface area contributed by atoms with Gasteiger partial charge in [0.1, 0.15) is 0 Å². The van der Waals surface area contributed by atoms with E-state index in [0.29, 0.717) is 24.4 Å². The number of alkyl halides is 1. The maximum absolute atomic E-state index is 11.8. The van der Waals surface area contributed by atoms with Crippen molar-refractivity contribution in [3.8, 4) is 0 Å². The molecule has 0 atom stereocenters. The van der Waals surface area contributed by atoms with E-state index in [1.165, 1.54) is 18.2 Å². The third-order valence-electron chi connectivity index (χ3n) is 2.40. The van der Waals surface area contributed by atoms with E-state index in [0.717, 1.165) is 0 Å². The van der Waals surface area contributed by atoms with Gasteiger partial charge in [-0.1, -0.05) is 6.08 Å². The zero-order valence-electron chi connectivity index (χ0n) is 10.9. The van der Waals surface area contributed by atoms with Crippen molar-refractivity contribution in [2.24, 2.45) is 0 Å². The minimum atomic E-state index is -3.53. The Morgan fingerprint density at radius 2 is 1.95 bits per heavy atom. The molecule has 1 amide bonds. The van der Waals surface area contributed by atoms with Gasteiger partial charge in [-0.05, 0) is 30.7 Å². The van der Waals surface area contributed by atoms with Crippen LogP contribution in [0.5, 0.6) is 0 Å². The molecule has 2 N–H and O–H groups in total. The van der Waals surface area contributed by atoms with Crippen molar-refractivity contribution >= 4 is 33.2 Å². The van der Waals surface area contributed by atoms with E-state index in [1.807, 2.05) is 0 Å². The summed E-state index contributed by atoms with van der Waals surface area (Å²) in [5, 5.41) is 2.67. The number of nitrogens with one attached hydrogen (secondary N) is 2. The molecule has 0 radical (unpaired) electrons. The van der Waals surface area contributed by atoms with Gasteiger partial charge in [-0.3, -0.25) is 4.79 Å². The lowest BCUT2D eigenvalue weighted by molar-refractivity contribution is -0.116. The number of amides is 1. The van der Waals surface area contributed by atoms with Gasteiger partial charge in [0.25, 0.3) is 0 Å². The van der Waals surface area contributed by atoms with Gasteiger partial charge in [0.2, 0.25) is 15.9 Å². The van der Waals surface area contributed by atoms with E-state index in [-0.39, 0.29) is 17.3 Å². The van der Waals surface area contributed by atoms with Crippen LogP contribution in [-0.4, -0.2) is 26.7 Å². The van der Waals surface area contributed by atoms with E-state index in [1.54, 1.807) is 12.1 Å². The van der Waals surface area contributed by atoms with Gasteiger partial charge in [0.05, 0.1) is 4.90 Å². The summed E-state index contributed by atoms with van der Waals surface area (Å²) in [6.07, 6.45) is 2.40. The molecule has 0 saturated heterocycles. The van der Waals surface area contributed by atoms with Crippen molar-refractivity contribution in [3.63, 3.8) is 0 Å². The van der Waals surface area contributed by atoms with Crippen molar-refractivity contribution < 1.29 is 13.2 Å². The van der Waals surface area contributed by atoms with E-state index in [2.05, 4.69) is 16.6 Å². The van der Waals surface area contributed by atoms with Crippen LogP contribution >= 0.6 is 11.6 Å². The van der Waals surface area contributed by atoms with Crippen molar-refractivity contribution in [1.29, 1.82) is 0 Å². The fourth-order valence-electron chi connectivity index (χ4n) is 1.42. The van der Waals surface area contributed by atoms with Crippen LogP contribution in [0.3, 0.4) is 0 Å².